The van der Waals surface area contributed by atoms with E-state index in [1.165, 1.54) is 6.07 Å². The van der Waals surface area contributed by atoms with Crippen molar-refractivity contribution in [2.24, 2.45) is 0 Å². The normalized spacial score (nSPS) is 10.9. The van der Waals surface area contributed by atoms with Gasteiger partial charge in [-0.05, 0) is 48.9 Å². The van der Waals surface area contributed by atoms with Gasteiger partial charge in [-0.1, -0.05) is 48.0 Å². The quantitative estimate of drug-likeness (QED) is 0.467. The predicted molar refractivity (Wildman–Crippen MR) is 112 cm³/mol. The van der Waals surface area contributed by atoms with E-state index in [9.17, 15) is 14.4 Å². The van der Waals surface area contributed by atoms with Crippen molar-refractivity contribution in [3.63, 3.8) is 0 Å². The number of hydrogen-bond acceptors (Lipinski definition) is 3. The highest BCUT2D eigenvalue weighted by molar-refractivity contribution is 5.92. The Balaban J connectivity index is 1.61. The van der Waals surface area contributed by atoms with Crippen LogP contribution in [0.25, 0.3) is 11.6 Å². The van der Waals surface area contributed by atoms with E-state index < -0.39 is 5.82 Å². The number of nitrogens with zero attached hydrogens (tertiary/aromatic N) is 1. The SMILES string of the molecule is Cc1ccc(NC(=O)COc2ccc(/C=C(/C#N)c3ccccc3F)cc2)cc1. The summed E-state index contributed by atoms with van der Waals surface area (Å²) in [6.07, 6.45) is 1.60. The Bertz CT molecular complexity index is 1070. The highest BCUT2D eigenvalue weighted by Gasteiger charge is 2.07. The molecule has 144 valence electrons. The number of aryl methyl sites for hydroxylation is 1. The summed E-state index contributed by atoms with van der Waals surface area (Å²) in [7, 11) is 0. The van der Waals surface area contributed by atoms with Crippen molar-refractivity contribution < 1.29 is 13.9 Å². The lowest BCUT2D eigenvalue weighted by molar-refractivity contribution is -0.118. The monoisotopic (exact) mass is 386 g/mol. The number of anilines is 1. The smallest absolute Gasteiger partial charge is 0.262 e. The Hall–Kier alpha value is -3.91. The molecular weight excluding hydrogens is 367 g/mol. The first-order chi connectivity index (χ1) is 14.0. The third-order valence-corrected chi connectivity index (χ3v) is 4.18. The van der Waals surface area contributed by atoms with Gasteiger partial charge in [0.2, 0.25) is 0 Å². The molecule has 0 heterocycles. The van der Waals surface area contributed by atoms with Crippen LogP contribution in [0.3, 0.4) is 0 Å². The van der Waals surface area contributed by atoms with E-state index in [4.69, 9.17) is 4.74 Å². The Morgan fingerprint density at radius 3 is 2.41 bits per heavy atom. The third-order valence-electron chi connectivity index (χ3n) is 4.18. The highest BCUT2D eigenvalue weighted by atomic mass is 19.1. The van der Waals surface area contributed by atoms with Crippen LogP contribution in [0.1, 0.15) is 16.7 Å². The van der Waals surface area contributed by atoms with Gasteiger partial charge in [0.15, 0.2) is 6.61 Å². The second kappa shape index (κ2) is 9.34. The zero-order chi connectivity index (χ0) is 20.6. The summed E-state index contributed by atoms with van der Waals surface area (Å²) >= 11 is 0. The van der Waals surface area contributed by atoms with E-state index in [0.29, 0.717) is 11.4 Å². The van der Waals surface area contributed by atoms with E-state index in [-0.39, 0.29) is 23.7 Å². The maximum absolute atomic E-state index is 13.9. The number of nitriles is 1. The van der Waals surface area contributed by atoms with Gasteiger partial charge in [-0.25, -0.2) is 4.39 Å². The number of halogens is 1. The van der Waals surface area contributed by atoms with Crippen LogP contribution in [0.2, 0.25) is 0 Å². The van der Waals surface area contributed by atoms with Crippen molar-refractivity contribution in [1.82, 2.24) is 0 Å². The molecule has 3 rings (SSSR count). The van der Waals surface area contributed by atoms with Crippen molar-refractivity contribution in [3.8, 4) is 11.8 Å². The van der Waals surface area contributed by atoms with E-state index >= 15 is 0 Å². The minimum Gasteiger partial charge on any atom is -0.484 e. The maximum atomic E-state index is 13.9. The van der Waals surface area contributed by atoms with Crippen molar-refractivity contribution in [2.75, 3.05) is 11.9 Å². The first kappa shape index (κ1) is 19.8. The molecule has 0 fully saturated rings. The van der Waals surface area contributed by atoms with Crippen LogP contribution in [0.15, 0.2) is 72.8 Å². The maximum Gasteiger partial charge on any atom is 0.262 e. The molecule has 0 aliphatic heterocycles. The molecule has 3 aromatic carbocycles. The van der Waals surface area contributed by atoms with Crippen LogP contribution in [0, 0.1) is 24.1 Å². The number of nitrogens with one attached hydrogen (secondary N) is 1. The second-order valence-electron chi connectivity index (χ2n) is 6.42. The Labute approximate surface area is 168 Å². The molecule has 0 unspecified atom stereocenters. The molecule has 0 aliphatic rings. The molecule has 1 amide bonds. The standard InChI is InChI=1S/C24H19FN2O2/c1-17-6-10-20(11-7-17)27-24(28)16-29-21-12-8-18(9-13-21)14-19(15-26)22-4-2-3-5-23(22)25/h2-14H,16H2,1H3,(H,27,28)/b19-14-. The molecule has 4 nitrogen and oxygen atoms in total. The van der Waals surface area contributed by atoms with Gasteiger partial charge >= 0.3 is 0 Å². The number of ether oxygens (including phenoxy) is 1. The van der Waals surface area contributed by atoms with Crippen LogP contribution < -0.4 is 10.1 Å². The summed E-state index contributed by atoms with van der Waals surface area (Å²) in [4.78, 5) is 12.0. The molecule has 1 N–H and O–H groups in total. The Kier molecular flexibility index (Phi) is 6.39. The topological polar surface area (TPSA) is 62.1 Å². The number of rotatable bonds is 6. The number of hydrogen-bond donors (Lipinski definition) is 1. The molecule has 0 spiro atoms. The largest absolute Gasteiger partial charge is 0.484 e. The summed E-state index contributed by atoms with van der Waals surface area (Å²) in [5.41, 5.74) is 3.03. The van der Waals surface area contributed by atoms with E-state index in [2.05, 4.69) is 5.32 Å². The van der Waals surface area contributed by atoms with Crippen molar-refractivity contribution in [1.29, 1.82) is 5.26 Å². The van der Waals surface area contributed by atoms with Gasteiger partial charge < -0.3 is 10.1 Å². The number of carbonyl (C=O) groups is 1. The lowest BCUT2D eigenvalue weighted by atomic mass is 10.0. The summed E-state index contributed by atoms with van der Waals surface area (Å²) < 4.78 is 19.4. The fourth-order valence-corrected chi connectivity index (χ4v) is 2.66. The molecule has 0 saturated carbocycles. The molecule has 5 heteroatoms. The number of allylic oxidation sites excluding steroid dienone is 1. The fraction of sp³-hybridized carbons (Fsp3) is 0.0833. The lowest BCUT2D eigenvalue weighted by Gasteiger charge is -2.08. The summed E-state index contributed by atoms with van der Waals surface area (Å²) in [5, 5.41) is 12.1. The van der Waals surface area contributed by atoms with E-state index in [1.807, 2.05) is 37.3 Å². The first-order valence-electron chi connectivity index (χ1n) is 9.01. The molecule has 0 atom stereocenters. The number of benzene rings is 3. The molecule has 0 saturated heterocycles. The number of amides is 1. The average Bonchev–Trinajstić information content (AvgIpc) is 2.74. The molecule has 29 heavy (non-hydrogen) atoms. The predicted octanol–water partition coefficient (Wildman–Crippen LogP) is 5.22. The van der Waals surface area contributed by atoms with Crippen LogP contribution in [0.4, 0.5) is 10.1 Å². The molecule has 0 bridgehead atoms. The van der Waals surface area contributed by atoms with Gasteiger partial charge in [0.1, 0.15) is 11.6 Å². The van der Waals surface area contributed by atoms with Crippen molar-refractivity contribution >= 4 is 23.2 Å². The Morgan fingerprint density at radius 2 is 1.76 bits per heavy atom. The van der Waals surface area contributed by atoms with Crippen LogP contribution in [-0.4, -0.2) is 12.5 Å². The van der Waals surface area contributed by atoms with Gasteiger partial charge in [-0.3, -0.25) is 4.79 Å². The first-order valence-corrected chi connectivity index (χ1v) is 9.01. The van der Waals surface area contributed by atoms with Crippen molar-refractivity contribution in [2.45, 2.75) is 6.92 Å². The molecule has 0 radical (unpaired) electrons. The zero-order valence-electron chi connectivity index (χ0n) is 15.9. The Morgan fingerprint density at radius 1 is 1.07 bits per heavy atom. The van der Waals surface area contributed by atoms with Crippen molar-refractivity contribution in [3.05, 3.63) is 95.3 Å². The highest BCUT2D eigenvalue weighted by Crippen LogP contribution is 2.22. The summed E-state index contributed by atoms with van der Waals surface area (Å²) in [6, 6.07) is 22.5. The third kappa shape index (κ3) is 5.53. The molecular formula is C24H19FN2O2. The molecule has 0 aromatic heterocycles. The summed E-state index contributed by atoms with van der Waals surface area (Å²) in [6.45, 7) is 1.85. The zero-order valence-corrected chi connectivity index (χ0v) is 15.9. The van der Waals surface area contributed by atoms with Gasteiger partial charge in [-0.2, -0.15) is 5.26 Å². The van der Waals surface area contributed by atoms with Crippen LogP contribution in [0.5, 0.6) is 5.75 Å². The van der Waals surface area contributed by atoms with Gasteiger partial charge in [-0.15, -0.1) is 0 Å². The minimum absolute atomic E-state index is 0.123. The van der Waals surface area contributed by atoms with Gasteiger partial charge in [0, 0.05) is 11.3 Å². The van der Waals surface area contributed by atoms with Gasteiger partial charge in [0.25, 0.3) is 5.91 Å². The number of carbonyl (C=O) groups excluding carboxylic acids is 1. The second-order valence-corrected chi connectivity index (χ2v) is 6.42. The minimum atomic E-state index is -0.445. The lowest BCUT2D eigenvalue weighted by Crippen LogP contribution is -2.20. The average molecular weight is 386 g/mol. The molecule has 3 aromatic rings. The van der Waals surface area contributed by atoms with Crippen LogP contribution >= 0.6 is 0 Å². The van der Waals surface area contributed by atoms with Crippen LogP contribution in [-0.2, 0) is 4.79 Å². The fourth-order valence-electron chi connectivity index (χ4n) is 2.66. The van der Waals surface area contributed by atoms with E-state index in [1.54, 1.807) is 48.5 Å². The van der Waals surface area contributed by atoms with E-state index in [0.717, 1.165) is 11.1 Å². The molecule has 0 aliphatic carbocycles. The summed E-state index contributed by atoms with van der Waals surface area (Å²) in [5.74, 6) is -0.186. The van der Waals surface area contributed by atoms with Gasteiger partial charge in [0.05, 0.1) is 11.6 Å².